The molecule has 5 aromatic carbocycles. The second kappa shape index (κ2) is 15.8. The number of aromatic nitrogens is 3. The molecule has 0 amide bonds. The normalized spacial score (nSPS) is 12.5. The smallest absolute Gasteiger partial charge is 0.168 e. The summed E-state index contributed by atoms with van der Waals surface area (Å²) in [4.78, 5) is 0. The van der Waals surface area contributed by atoms with Crippen LogP contribution in [0.2, 0.25) is 0 Å². The van der Waals surface area contributed by atoms with E-state index in [0.29, 0.717) is 5.92 Å². The molecule has 0 aliphatic rings. The molecule has 0 saturated heterocycles. The fraction of sp³-hybridized carbons (Fsp3) is 0.385. The van der Waals surface area contributed by atoms with Crippen molar-refractivity contribution in [3.63, 3.8) is 0 Å². The Labute approximate surface area is 332 Å². The molecule has 0 spiro atoms. The summed E-state index contributed by atoms with van der Waals surface area (Å²) in [5.41, 5.74) is 14.9. The number of hydrogen-bond acceptors (Lipinski definition) is 2. The molecule has 0 radical (unpaired) electrons. The van der Waals surface area contributed by atoms with Crippen LogP contribution in [0, 0.1) is 0 Å². The van der Waals surface area contributed by atoms with Crippen LogP contribution in [0.3, 0.4) is 0 Å². The number of benzene rings is 5. The quantitative estimate of drug-likeness (QED) is 0.133. The summed E-state index contributed by atoms with van der Waals surface area (Å²) >= 11 is 0. The maximum absolute atomic E-state index is 5.07. The molecule has 6 rings (SSSR count). The van der Waals surface area contributed by atoms with Crippen LogP contribution in [0.5, 0.6) is 0 Å². The van der Waals surface area contributed by atoms with Crippen LogP contribution in [-0.2, 0) is 22.7 Å². The van der Waals surface area contributed by atoms with E-state index < -0.39 is 0 Å². The Hall–Kier alpha value is -4.76. The lowest BCUT2D eigenvalue weighted by atomic mass is 9.78. The van der Waals surface area contributed by atoms with E-state index in [1.807, 2.05) is 0 Å². The Kier molecular flexibility index (Phi) is 11.4. The number of rotatable bonds is 11. The minimum Gasteiger partial charge on any atom is -0.278 e. The predicted molar refractivity (Wildman–Crippen MR) is 237 cm³/mol. The van der Waals surface area contributed by atoms with Crippen molar-refractivity contribution >= 4 is 0 Å². The molecule has 1 aromatic heterocycles. The Bertz CT molecular complexity index is 2150. The van der Waals surface area contributed by atoms with E-state index in [0.717, 1.165) is 48.5 Å². The van der Waals surface area contributed by atoms with Crippen LogP contribution in [0.25, 0.3) is 50.5 Å². The van der Waals surface area contributed by atoms with Gasteiger partial charge < -0.3 is 0 Å². The molecule has 0 aliphatic heterocycles. The Morgan fingerprint density at radius 3 is 1.44 bits per heavy atom. The van der Waals surface area contributed by atoms with Crippen molar-refractivity contribution in [1.29, 1.82) is 0 Å². The molecule has 0 fully saturated rings. The highest BCUT2D eigenvalue weighted by molar-refractivity contribution is 5.82. The highest BCUT2D eigenvalue weighted by atomic mass is 15.3. The van der Waals surface area contributed by atoms with E-state index in [9.17, 15) is 0 Å². The standard InChI is InChI=1S/C52H63N3/c1-13-36-20-29-47(46(30-36)35(5)6)55-48(53-54-49(55)52(14-2,15-3)16-4)40-19-17-18-39(31-40)43-33-41(37-21-25-44(26-22-37)50(7,8)9)32-42(34-43)38-23-27-45(28-24-38)51(10,11)12/h17-35H,13-16H2,1-12H3. The third kappa shape index (κ3) is 8.13. The summed E-state index contributed by atoms with van der Waals surface area (Å²) in [6.45, 7) is 27.4. The lowest BCUT2D eigenvalue weighted by molar-refractivity contribution is 0.353. The molecular weight excluding hydrogens is 667 g/mol. The zero-order valence-corrected chi connectivity index (χ0v) is 35.6. The minimum atomic E-state index is -0.0746. The van der Waals surface area contributed by atoms with Crippen molar-refractivity contribution in [1.82, 2.24) is 14.8 Å². The van der Waals surface area contributed by atoms with Crippen molar-refractivity contribution in [2.75, 3.05) is 0 Å². The average Bonchev–Trinajstić information content (AvgIpc) is 3.63. The van der Waals surface area contributed by atoms with Crippen LogP contribution in [-0.4, -0.2) is 14.8 Å². The summed E-state index contributed by atoms with van der Waals surface area (Å²) < 4.78 is 2.40. The molecule has 55 heavy (non-hydrogen) atoms. The molecule has 0 atom stereocenters. The van der Waals surface area contributed by atoms with E-state index in [2.05, 4.69) is 197 Å². The number of aryl methyl sites for hydroxylation is 1. The van der Waals surface area contributed by atoms with Crippen molar-refractivity contribution in [3.05, 3.63) is 137 Å². The van der Waals surface area contributed by atoms with E-state index in [-0.39, 0.29) is 16.2 Å². The first-order chi connectivity index (χ1) is 26.1. The van der Waals surface area contributed by atoms with Crippen LogP contribution < -0.4 is 0 Å². The summed E-state index contributed by atoms with van der Waals surface area (Å²) in [5, 5.41) is 10.1. The van der Waals surface area contributed by atoms with Gasteiger partial charge in [0.2, 0.25) is 0 Å². The van der Waals surface area contributed by atoms with Gasteiger partial charge in [-0.05, 0) is 128 Å². The SMILES string of the molecule is CCc1ccc(-n2c(-c3cccc(-c4cc(-c5ccc(C(C)(C)C)cc5)cc(-c5ccc(C(C)(C)C)cc5)c4)c3)nnc2C(CC)(CC)CC)c(C(C)C)c1. The van der Waals surface area contributed by atoms with Gasteiger partial charge in [0.15, 0.2) is 5.82 Å². The maximum Gasteiger partial charge on any atom is 0.168 e. The molecule has 3 nitrogen and oxygen atoms in total. The summed E-state index contributed by atoms with van der Waals surface area (Å²) in [6, 6.07) is 41.3. The molecular formula is C52H63N3. The molecule has 0 aliphatic carbocycles. The molecule has 1 heterocycles. The highest BCUT2D eigenvalue weighted by Crippen LogP contribution is 2.41. The molecule has 3 heteroatoms. The molecule has 0 unspecified atom stereocenters. The van der Waals surface area contributed by atoms with Gasteiger partial charge in [0.1, 0.15) is 5.82 Å². The van der Waals surface area contributed by atoms with Gasteiger partial charge in [0, 0.05) is 11.0 Å². The van der Waals surface area contributed by atoms with Crippen molar-refractivity contribution in [2.45, 2.75) is 131 Å². The second-order valence-corrected chi connectivity index (χ2v) is 18.0. The van der Waals surface area contributed by atoms with E-state index in [1.165, 1.54) is 55.8 Å². The third-order valence-corrected chi connectivity index (χ3v) is 12.1. The van der Waals surface area contributed by atoms with Crippen molar-refractivity contribution in [2.24, 2.45) is 0 Å². The molecule has 286 valence electrons. The lowest BCUT2D eigenvalue weighted by Crippen LogP contribution is -2.28. The number of hydrogen-bond donors (Lipinski definition) is 0. The molecule has 0 N–H and O–H groups in total. The van der Waals surface area contributed by atoms with Crippen molar-refractivity contribution in [3.8, 4) is 50.5 Å². The second-order valence-electron chi connectivity index (χ2n) is 18.0. The van der Waals surface area contributed by atoms with Gasteiger partial charge in [-0.25, -0.2) is 0 Å². The van der Waals surface area contributed by atoms with Crippen LogP contribution >= 0.6 is 0 Å². The third-order valence-electron chi connectivity index (χ3n) is 12.1. The van der Waals surface area contributed by atoms with Gasteiger partial charge in [-0.15, -0.1) is 10.2 Å². The largest absolute Gasteiger partial charge is 0.278 e. The Morgan fingerprint density at radius 2 is 0.982 bits per heavy atom. The topological polar surface area (TPSA) is 30.7 Å². The Balaban J connectivity index is 1.55. The monoisotopic (exact) mass is 730 g/mol. The molecule has 0 bridgehead atoms. The Morgan fingerprint density at radius 1 is 0.509 bits per heavy atom. The molecule has 0 saturated carbocycles. The van der Waals surface area contributed by atoms with Gasteiger partial charge in [-0.1, -0.05) is 162 Å². The van der Waals surface area contributed by atoms with Gasteiger partial charge in [0.25, 0.3) is 0 Å². The van der Waals surface area contributed by atoms with E-state index in [4.69, 9.17) is 10.2 Å². The highest BCUT2D eigenvalue weighted by Gasteiger charge is 2.35. The average molecular weight is 730 g/mol. The number of nitrogens with zero attached hydrogens (tertiary/aromatic N) is 3. The summed E-state index contributed by atoms with van der Waals surface area (Å²) in [7, 11) is 0. The maximum atomic E-state index is 5.07. The van der Waals surface area contributed by atoms with Gasteiger partial charge in [-0.2, -0.15) is 0 Å². The summed E-state index contributed by atoms with van der Waals surface area (Å²) in [5.74, 6) is 2.31. The lowest BCUT2D eigenvalue weighted by Gasteiger charge is -2.31. The predicted octanol–water partition coefficient (Wildman–Crippen LogP) is 14.7. The first-order valence-electron chi connectivity index (χ1n) is 20.7. The fourth-order valence-electron chi connectivity index (χ4n) is 8.05. The van der Waals surface area contributed by atoms with Gasteiger partial charge in [0.05, 0.1) is 5.69 Å². The van der Waals surface area contributed by atoms with Crippen LogP contribution in [0.4, 0.5) is 0 Å². The van der Waals surface area contributed by atoms with E-state index in [1.54, 1.807) is 0 Å². The summed E-state index contributed by atoms with van der Waals surface area (Å²) in [6.07, 6.45) is 4.02. The van der Waals surface area contributed by atoms with Crippen molar-refractivity contribution < 1.29 is 0 Å². The van der Waals surface area contributed by atoms with E-state index >= 15 is 0 Å². The molecule has 6 aromatic rings. The minimum absolute atomic E-state index is 0.0746. The van der Waals surface area contributed by atoms with Gasteiger partial charge in [-0.3, -0.25) is 4.57 Å². The fourth-order valence-corrected chi connectivity index (χ4v) is 8.05. The van der Waals surface area contributed by atoms with Crippen LogP contribution in [0.15, 0.2) is 109 Å². The first-order valence-corrected chi connectivity index (χ1v) is 20.7. The first kappa shape index (κ1) is 39.9. The van der Waals surface area contributed by atoms with Gasteiger partial charge >= 0.3 is 0 Å². The zero-order valence-electron chi connectivity index (χ0n) is 35.6. The van der Waals surface area contributed by atoms with Crippen LogP contribution in [0.1, 0.15) is 136 Å². The zero-order chi connectivity index (χ0) is 39.7.